The summed E-state index contributed by atoms with van der Waals surface area (Å²) >= 11 is 5.96. The van der Waals surface area contributed by atoms with Crippen LogP contribution in [0.25, 0.3) is 0 Å². The van der Waals surface area contributed by atoms with Gasteiger partial charge in [-0.2, -0.15) is 0 Å². The molecular weight excluding hydrogens is 260 g/mol. The summed E-state index contributed by atoms with van der Waals surface area (Å²) in [5.74, 6) is 0.980. The van der Waals surface area contributed by atoms with Crippen molar-refractivity contribution in [3.8, 4) is 5.75 Å². The van der Waals surface area contributed by atoms with Crippen molar-refractivity contribution < 1.29 is 4.74 Å². The first-order valence-corrected chi connectivity index (χ1v) is 6.63. The Morgan fingerprint density at radius 2 is 2.11 bits per heavy atom. The predicted molar refractivity (Wildman–Crippen MR) is 78.9 cm³/mol. The molecule has 0 bridgehead atoms. The first-order chi connectivity index (χ1) is 9.22. The van der Waals surface area contributed by atoms with Crippen LogP contribution in [0.4, 0.5) is 11.4 Å². The fourth-order valence-corrected chi connectivity index (χ4v) is 2.45. The quantitative estimate of drug-likeness (QED) is 0.844. The molecule has 1 unspecified atom stereocenters. The topological polar surface area (TPSA) is 47.3 Å². The van der Waals surface area contributed by atoms with Crippen molar-refractivity contribution in [2.75, 3.05) is 17.6 Å². The third-order valence-electron chi connectivity index (χ3n) is 3.25. The number of halogens is 1. The van der Waals surface area contributed by atoms with Gasteiger partial charge in [-0.05, 0) is 29.8 Å². The molecule has 0 radical (unpaired) electrons. The molecule has 0 saturated heterocycles. The van der Waals surface area contributed by atoms with Crippen LogP contribution in [-0.2, 0) is 6.42 Å². The van der Waals surface area contributed by atoms with Gasteiger partial charge in [-0.15, -0.1) is 0 Å². The average molecular weight is 275 g/mol. The maximum absolute atomic E-state index is 5.96. The third-order valence-corrected chi connectivity index (χ3v) is 3.48. The zero-order valence-corrected chi connectivity index (χ0v) is 11.2. The summed E-state index contributed by atoms with van der Waals surface area (Å²) in [6.07, 6.45) is 1.06. The summed E-state index contributed by atoms with van der Waals surface area (Å²) in [6, 6.07) is 13.5. The van der Waals surface area contributed by atoms with E-state index >= 15 is 0 Å². The maximum Gasteiger partial charge on any atom is 0.123 e. The smallest absolute Gasteiger partial charge is 0.123 e. The van der Waals surface area contributed by atoms with Gasteiger partial charge in [0.15, 0.2) is 0 Å². The second kappa shape index (κ2) is 5.02. The zero-order chi connectivity index (χ0) is 13.2. The maximum atomic E-state index is 5.96. The van der Waals surface area contributed by atoms with Gasteiger partial charge in [0.2, 0.25) is 0 Å². The van der Waals surface area contributed by atoms with E-state index in [2.05, 4.69) is 11.4 Å². The van der Waals surface area contributed by atoms with Crippen LogP contribution in [0.5, 0.6) is 5.75 Å². The molecule has 0 fully saturated rings. The minimum Gasteiger partial charge on any atom is -0.488 e. The van der Waals surface area contributed by atoms with Crippen LogP contribution >= 0.6 is 11.6 Å². The Balaban J connectivity index is 1.64. The largest absolute Gasteiger partial charge is 0.488 e. The fraction of sp³-hybridized carbons (Fsp3) is 0.200. The number of nitrogens with one attached hydrogen (secondary N) is 1. The lowest BCUT2D eigenvalue weighted by Gasteiger charge is -2.14. The Kier molecular flexibility index (Phi) is 3.22. The van der Waals surface area contributed by atoms with Gasteiger partial charge < -0.3 is 15.8 Å². The molecule has 3 rings (SSSR count). The van der Waals surface area contributed by atoms with Crippen molar-refractivity contribution in [1.29, 1.82) is 0 Å². The van der Waals surface area contributed by atoms with E-state index in [0.717, 1.165) is 17.9 Å². The lowest BCUT2D eigenvalue weighted by molar-refractivity contribution is 0.246. The molecule has 1 atom stereocenters. The van der Waals surface area contributed by atoms with E-state index in [1.165, 1.54) is 5.56 Å². The number of para-hydroxylation sites is 1. The highest BCUT2D eigenvalue weighted by Crippen LogP contribution is 2.29. The minimum absolute atomic E-state index is 0.135. The minimum atomic E-state index is 0.135. The van der Waals surface area contributed by atoms with Gasteiger partial charge in [-0.3, -0.25) is 0 Å². The number of hydrogen-bond donors (Lipinski definition) is 2. The first-order valence-electron chi connectivity index (χ1n) is 6.26. The molecule has 2 aromatic carbocycles. The van der Waals surface area contributed by atoms with E-state index in [9.17, 15) is 0 Å². The molecule has 1 heterocycles. The van der Waals surface area contributed by atoms with E-state index < -0.39 is 0 Å². The SMILES string of the molecule is Nc1ccc(Cl)cc1NCC1Cc2ccccc2O1. The molecule has 0 spiro atoms. The van der Waals surface area contributed by atoms with E-state index in [-0.39, 0.29) is 6.10 Å². The molecule has 0 saturated carbocycles. The highest BCUT2D eigenvalue weighted by Gasteiger charge is 2.21. The Morgan fingerprint density at radius 3 is 2.95 bits per heavy atom. The van der Waals surface area contributed by atoms with Crippen molar-refractivity contribution in [2.45, 2.75) is 12.5 Å². The van der Waals surface area contributed by atoms with E-state index in [4.69, 9.17) is 22.1 Å². The van der Waals surface area contributed by atoms with Crippen molar-refractivity contribution in [3.05, 3.63) is 53.1 Å². The van der Waals surface area contributed by atoms with E-state index in [1.807, 2.05) is 24.3 Å². The number of benzene rings is 2. The monoisotopic (exact) mass is 274 g/mol. The molecule has 19 heavy (non-hydrogen) atoms. The predicted octanol–water partition coefficient (Wildman–Crippen LogP) is 3.34. The van der Waals surface area contributed by atoms with Crippen LogP contribution in [0.15, 0.2) is 42.5 Å². The molecule has 1 aliphatic heterocycles. The van der Waals surface area contributed by atoms with Crippen LogP contribution in [0, 0.1) is 0 Å². The summed E-state index contributed by atoms with van der Waals surface area (Å²) in [5, 5.41) is 3.97. The van der Waals surface area contributed by atoms with Gasteiger partial charge in [-0.25, -0.2) is 0 Å². The van der Waals surface area contributed by atoms with E-state index in [0.29, 0.717) is 17.3 Å². The standard InChI is InChI=1S/C15H15ClN2O/c16-11-5-6-13(17)14(8-11)18-9-12-7-10-3-1-2-4-15(10)19-12/h1-6,8,12,18H,7,9,17H2. The molecular formula is C15H15ClN2O. The van der Waals surface area contributed by atoms with Crippen molar-refractivity contribution >= 4 is 23.0 Å². The summed E-state index contributed by atoms with van der Waals surface area (Å²) in [5.41, 5.74) is 8.70. The number of anilines is 2. The van der Waals surface area contributed by atoms with Gasteiger partial charge in [0, 0.05) is 11.4 Å². The molecule has 2 aromatic rings. The second-order valence-electron chi connectivity index (χ2n) is 4.66. The summed E-state index contributed by atoms with van der Waals surface area (Å²) in [6.45, 7) is 0.708. The lowest BCUT2D eigenvalue weighted by Crippen LogP contribution is -2.24. The van der Waals surface area contributed by atoms with Crippen LogP contribution in [-0.4, -0.2) is 12.6 Å². The van der Waals surface area contributed by atoms with E-state index in [1.54, 1.807) is 12.1 Å². The second-order valence-corrected chi connectivity index (χ2v) is 5.10. The summed E-state index contributed by atoms with van der Waals surface area (Å²) < 4.78 is 5.86. The number of hydrogen-bond acceptors (Lipinski definition) is 3. The molecule has 0 aliphatic carbocycles. The molecule has 4 heteroatoms. The van der Waals surface area contributed by atoms with Gasteiger partial charge in [-0.1, -0.05) is 29.8 Å². The highest BCUT2D eigenvalue weighted by atomic mass is 35.5. The van der Waals surface area contributed by atoms with Gasteiger partial charge >= 0.3 is 0 Å². The van der Waals surface area contributed by atoms with Crippen LogP contribution in [0.3, 0.4) is 0 Å². The molecule has 98 valence electrons. The number of nitrogen functional groups attached to an aromatic ring is 1. The highest BCUT2D eigenvalue weighted by molar-refractivity contribution is 6.31. The van der Waals surface area contributed by atoms with Gasteiger partial charge in [0.05, 0.1) is 17.9 Å². The van der Waals surface area contributed by atoms with Gasteiger partial charge in [0.25, 0.3) is 0 Å². The van der Waals surface area contributed by atoms with Crippen molar-refractivity contribution in [3.63, 3.8) is 0 Å². The molecule has 0 amide bonds. The molecule has 3 N–H and O–H groups in total. The number of ether oxygens (including phenoxy) is 1. The normalized spacial score (nSPS) is 16.8. The number of rotatable bonds is 3. The molecule has 1 aliphatic rings. The average Bonchev–Trinajstić information content (AvgIpc) is 2.82. The Bertz CT molecular complexity index is 575. The van der Waals surface area contributed by atoms with Crippen LogP contribution < -0.4 is 15.8 Å². The Labute approximate surface area is 117 Å². The number of nitrogens with two attached hydrogens (primary N) is 1. The Hall–Kier alpha value is -1.87. The third kappa shape index (κ3) is 2.61. The van der Waals surface area contributed by atoms with Crippen molar-refractivity contribution in [1.82, 2.24) is 0 Å². The van der Waals surface area contributed by atoms with Gasteiger partial charge in [0.1, 0.15) is 11.9 Å². The number of fused-ring (bicyclic) bond motifs is 1. The molecule has 0 aromatic heterocycles. The molecule has 3 nitrogen and oxygen atoms in total. The zero-order valence-electron chi connectivity index (χ0n) is 10.4. The lowest BCUT2D eigenvalue weighted by atomic mass is 10.1. The fourth-order valence-electron chi connectivity index (χ4n) is 2.27. The Morgan fingerprint density at radius 1 is 1.26 bits per heavy atom. The summed E-state index contributed by atoms with van der Waals surface area (Å²) in [7, 11) is 0. The summed E-state index contributed by atoms with van der Waals surface area (Å²) in [4.78, 5) is 0. The first kappa shape index (κ1) is 12.2. The van der Waals surface area contributed by atoms with Crippen molar-refractivity contribution in [2.24, 2.45) is 0 Å². The van der Waals surface area contributed by atoms with Crippen LogP contribution in [0.2, 0.25) is 5.02 Å². The van der Waals surface area contributed by atoms with Crippen LogP contribution in [0.1, 0.15) is 5.56 Å².